The Morgan fingerprint density at radius 3 is 1.34 bits per heavy atom. The van der Waals surface area contributed by atoms with Crippen LogP contribution >= 0.6 is 0 Å². The molecular weight excluding hydrogens is 892 g/mol. The van der Waals surface area contributed by atoms with Crippen LogP contribution < -0.4 is 26.2 Å². The number of fused-ring (bicyclic) bond motifs is 6. The van der Waals surface area contributed by atoms with Crippen molar-refractivity contribution in [3.05, 3.63) is 195 Å². The molecule has 2 aliphatic heterocycles. The molecule has 2 heterocycles. The lowest BCUT2D eigenvalue weighted by molar-refractivity contribution is 0.332. The summed E-state index contributed by atoms with van der Waals surface area (Å²) in [6, 6.07) is 56.1. The number of hydrogen-bond donors (Lipinski definition) is 0. The average molecular weight is 975 g/mol. The zero-order valence-corrected chi connectivity index (χ0v) is 48.2. The standard InChI is InChI=1S/C71H83BN2/c1-65(2,3)48-25-23-46(24-26-48)63(45-21-19-18-20-22-45)47-39-61-64-62(40-47)74(52-32-33-53-54(42-52)69(12,13)36-35-68(53,10)11)60-44-56-55(70(14,15)37-38-71(56,16)17)43-58(60)72(64)57-41-50(67(7,8)9)29-34-59(57)73(61)51-30-27-49(28-31-51)66(4,5)6/h18-34,39-44,63H,35-38H2,1-17H3. The first kappa shape index (κ1) is 50.4. The minimum absolute atomic E-state index is 0.00285. The average Bonchev–Trinajstić information content (AvgIpc) is 3.34. The quantitative estimate of drug-likeness (QED) is 0.125. The molecule has 0 fully saturated rings. The van der Waals surface area contributed by atoms with E-state index in [4.69, 9.17) is 0 Å². The molecule has 0 amide bonds. The van der Waals surface area contributed by atoms with E-state index in [0.717, 1.165) is 6.42 Å². The Morgan fingerprint density at radius 2 is 0.797 bits per heavy atom. The highest BCUT2D eigenvalue weighted by atomic mass is 15.2. The lowest BCUT2D eigenvalue weighted by Crippen LogP contribution is -2.62. The van der Waals surface area contributed by atoms with Crippen molar-refractivity contribution in [3.8, 4) is 0 Å². The van der Waals surface area contributed by atoms with Crippen molar-refractivity contribution in [2.45, 2.75) is 187 Å². The summed E-state index contributed by atoms with van der Waals surface area (Å²) in [5, 5.41) is 0. The molecule has 2 nitrogen and oxygen atoms in total. The van der Waals surface area contributed by atoms with Crippen molar-refractivity contribution in [2.75, 3.05) is 9.80 Å². The van der Waals surface area contributed by atoms with E-state index >= 15 is 0 Å². The maximum absolute atomic E-state index is 2.74. The first-order valence-electron chi connectivity index (χ1n) is 28.1. The highest BCUT2D eigenvalue weighted by Gasteiger charge is 2.48. The van der Waals surface area contributed by atoms with Crippen LogP contribution in [0.3, 0.4) is 0 Å². The van der Waals surface area contributed by atoms with E-state index in [0.29, 0.717) is 0 Å². The topological polar surface area (TPSA) is 6.48 Å². The minimum atomic E-state index is -0.0399. The van der Waals surface area contributed by atoms with Gasteiger partial charge in [-0.25, -0.2) is 0 Å². The van der Waals surface area contributed by atoms with Gasteiger partial charge in [0, 0.05) is 40.0 Å². The molecular formula is C71H83BN2. The molecule has 0 saturated carbocycles. The van der Waals surface area contributed by atoms with Crippen LogP contribution in [0.2, 0.25) is 0 Å². The third-order valence-electron chi connectivity index (χ3n) is 18.6. The molecule has 380 valence electrons. The third-order valence-corrected chi connectivity index (χ3v) is 18.6. The van der Waals surface area contributed by atoms with Gasteiger partial charge in [0.2, 0.25) is 0 Å². The summed E-state index contributed by atoms with van der Waals surface area (Å²) in [4.78, 5) is 5.39. The van der Waals surface area contributed by atoms with Gasteiger partial charge in [0.1, 0.15) is 0 Å². The number of rotatable bonds is 5. The molecule has 0 spiro atoms. The first-order valence-corrected chi connectivity index (χ1v) is 28.1. The molecule has 7 aromatic rings. The fraction of sp³-hybridized carbons (Fsp3) is 0.408. The van der Waals surface area contributed by atoms with Gasteiger partial charge in [0.25, 0.3) is 6.71 Å². The Hall–Kier alpha value is -5.80. The van der Waals surface area contributed by atoms with Gasteiger partial charge in [-0.2, -0.15) is 0 Å². The van der Waals surface area contributed by atoms with Gasteiger partial charge in [-0.3, -0.25) is 0 Å². The Morgan fingerprint density at radius 1 is 0.365 bits per heavy atom. The van der Waals surface area contributed by atoms with Gasteiger partial charge in [-0.05, 0) is 184 Å². The largest absolute Gasteiger partial charge is 0.311 e. The molecule has 74 heavy (non-hydrogen) atoms. The molecule has 0 radical (unpaired) electrons. The third kappa shape index (κ3) is 8.30. The number of anilines is 6. The summed E-state index contributed by atoms with van der Waals surface area (Å²) in [5.74, 6) is -0.0187. The molecule has 0 saturated heterocycles. The second-order valence-corrected chi connectivity index (χ2v) is 28.8. The van der Waals surface area contributed by atoms with Gasteiger partial charge in [0.15, 0.2) is 0 Å². The van der Waals surface area contributed by atoms with Crippen LogP contribution in [0.15, 0.2) is 140 Å². The monoisotopic (exact) mass is 975 g/mol. The van der Waals surface area contributed by atoms with Crippen molar-refractivity contribution in [3.63, 3.8) is 0 Å². The van der Waals surface area contributed by atoms with E-state index in [1.807, 2.05) is 0 Å². The summed E-state index contributed by atoms with van der Waals surface area (Å²) in [6.45, 7) is 40.9. The molecule has 4 aliphatic rings. The molecule has 0 bridgehead atoms. The van der Waals surface area contributed by atoms with Crippen LogP contribution in [0.1, 0.15) is 205 Å². The molecule has 2 aliphatic carbocycles. The Labute approximate surface area is 447 Å². The van der Waals surface area contributed by atoms with Crippen LogP contribution in [-0.2, 0) is 37.9 Å². The van der Waals surface area contributed by atoms with Crippen molar-refractivity contribution in [1.82, 2.24) is 0 Å². The number of benzene rings is 7. The fourth-order valence-electron chi connectivity index (χ4n) is 13.5. The van der Waals surface area contributed by atoms with E-state index < -0.39 is 0 Å². The maximum atomic E-state index is 2.74. The molecule has 7 aromatic carbocycles. The number of hydrogen-bond acceptors (Lipinski definition) is 2. The van der Waals surface area contributed by atoms with E-state index in [9.17, 15) is 0 Å². The van der Waals surface area contributed by atoms with E-state index in [1.165, 1.54) is 125 Å². The van der Waals surface area contributed by atoms with Gasteiger partial charge < -0.3 is 9.80 Å². The Bertz CT molecular complexity index is 3330. The maximum Gasteiger partial charge on any atom is 0.252 e. The van der Waals surface area contributed by atoms with Crippen LogP contribution in [-0.4, -0.2) is 6.71 Å². The SMILES string of the molecule is CC(C)(C)c1ccc(C(c2ccccc2)c2cc3c4c(c2)N(c2ccc5c(c2)C(C)(C)CCC5(C)C)c2cc5c(cc2B4c2cc(C(C)(C)C)ccc2N3c2ccc(C(C)(C)C)cc2)C(C)(C)CCC5(C)C)cc1. The fourth-order valence-corrected chi connectivity index (χ4v) is 13.5. The van der Waals surface area contributed by atoms with Crippen molar-refractivity contribution in [2.24, 2.45) is 0 Å². The summed E-state index contributed by atoms with van der Waals surface area (Å²) >= 11 is 0. The summed E-state index contributed by atoms with van der Waals surface area (Å²) in [6.07, 6.45) is 4.68. The predicted molar refractivity (Wildman–Crippen MR) is 321 cm³/mol. The smallest absolute Gasteiger partial charge is 0.252 e. The second kappa shape index (κ2) is 16.9. The second-order valence-electron chi connectivity index (χ2n) is 28.8. The zero-order valence-electron chi connectivity index (χ0n) is 48.2. The van der Waals surface area contributed by atoms with Crippen LogP contribution in [0, 0.1) is 0 Å². The van der Waals surface area contributed by atoms with Crippen molar-refractivity contribution in [1.29, 1.82) is 0 Å². The molecule has 1 atom stereocenters. The van der Waals surface area contributed by atoms with Gasteiger partial charge in [0.05, 0.1) is 0 Å². The van der Waals surface area contributed by atoms with Crippen LogP contribution in [0.4, 0.5) is 34.1 Å². The first-order chi connectivity index (χ1) is 34.5. The normalized spacial score (nSPS) is 18.4. The van der Waals surface area contributed by atoms with Crippen molar-refractivity contribution >= 4 is 57.2 Å². The van der Waals surface area contributed by atoms with Gasteiger partial charge >= 0.3 is 0 Å². The van der Waals surface area contributed by atoms with Crippen LogP contribution in [0.25, 0.3) is 0 Å². The number of nitrogens with zero attached hydrogens (tertiary/aromatic N) is 2. The predicted octanol–water partition coefficient (Wildman–Crippen LogP) is 17.5. The molecule has 11 rings (SSSR count). The van der Waals surface area contributed by atoms with Gasteiger partial charge in [-0.1, -0.05) is 209 Å². The van der Waals surface area contributed by atoms with Crippen molar-refractivity contribution < 1.29 is 0 Å². The van der Waals surface area contributed by atoms with E-state index in [-0.39, 0.29) is 50.5 Å². The van der Waals surface area contributed by atoms with E-state index in [2.05, 4.69) is 267 Å². The molecule has 1 unspecified atom stereocenters. The summed E-state index contributed by atoms with van der Waals surface area (Å²) < 4.78 is 0. The molecule has 3 heteroatoms. The lowest BCUT2D eigenvalue weighted by atomic mass is 9.33. The Balaban J connectivity index is 1.30. The van der Waals surface area contributed by atoms with Gasteiger partial charge in [-0.15, -0.1) is 0 Å². The van der Waals surface area contributed by atoms with E-state index in [1.54, 1.807) is 0 Å². The lowest BCUT2D eigenvalue weighted by Gasteiger charge is -2.48. The highest BCUT2D eigenvalue weighted by molar-refractivity contribution is 7.00. The zero-order chi connectivity index (χ0) is 52.9. The van der Waals surface area contributed by atoms with Crippen LogP contribution in [0.5, 0.6) is 0 Å². The molecule has 0 N–H and O–H groups in total. The Kier molecular flexibility index (Phi) is 11.5. The minimum Gasteiger partial charge on any atom is -0.311 e. The molecule has 0 aromatic heterocycles. The highest BCUT2D eigenvalue weighted by Crippen LogP contribution is 2.54. The summed E-state index contributed by atoms with van der Waals surface area (Å²) in [7, 11) is 0. The summed E-state index contributed by atoms with van der Waals surface area (Å²) in [5.41, 5.74) is 26.0.